The molecule has 2 nitrogen and oxygen atoms in total. The highest BCUT2D eigenvalue weighted by molar-refractivity contribution is 7.99. The second kappa shape index (κ2) is 10.1. The Balaban J connectivity index is 1.74. The first-order valence-corrected chi connectivity index (χ1v) is 8.94. The van der Waals surface area contributed by atoms with Gasteiger partial charge in [-0.2, -0.15) is 5.10 Å². The number of benzene rings is 2. The molecule has 2 rings (SSSR count). The van der Waals surface area contributed by atoms with Crippen LogP contribution in [0.1, 0.15) is 38.2 Å². The standard InChI is InChI=1S/C19H24N2S/c1-2-3-4-8-15-22-19-13-11-17(12-14-19)16-20-21-18-9-6-5-7-10-18/h5-7,9-14,16,21H,2-4,8,15H2,1H3. The van der Waals surface area contributed by atoms with Crippen molar-refractivity contribution in [3.05, 3.63) is 60.2 Å². The van der Waals surface area contributed by atoms with Crippen LogP contribution in [-0.2, 0) is 0 Å². The van der Waals surface area contributed by atoms with E-state index < -0.39 is 0 Å². The Morgan fingerprint density at radius 1 is 0.955 bits per heavy atom. The van der Waals surface area contributed by atoms with Gasteiger partial charge in [0.1, 0.15) is 0 Å². The number of nitrogens with one attached hydrogen (secondary N) is 1. The Kier molecular flexibility index (Phi) is 7.61. The topological polar surface area (TPSA) is 24.4 Å². The molecule has 0 fully saturated rings. The normalized spacial score (nSPS) is 11.0. The van der Waals surface area contributed by atoms with Crippen LogP contribution in [0.25, 0.3) is 0 Å². The minimum absolute atomic E-state index is 0.998. The van der Waals surface area contributed by atoms with Gasteiger partial charge in [0.05, 0.1) is 11.9 Å². The Labute approximate surface area is 138 Å². The highest BCUT2D eigenvalue weighted by Gasteiger charge is 1.95. The molecule has 0 bridgehead atoms. The number of hydrogen-bond acceptors (Lipinski definition) is 3. The first-order valence-electron chi connectivity index (χ1n) is 7.95. The number of para-hydroxylation sites is 1. The summed E-state index contributed by atoms with van der Waals surface area (Å²) in [5, 5.41) is 4.26. The maximum Gasteiger partial charge on any atom is 0.0561 e. The highest BCUT2D eigenvalue weighted by Crippen LogP contribution is 2.20. The summed E-state index contributed by atoms with van der Waals surface area (Å²) in [6, 6.07) is 18.5. The Morgan fingerprint density at radius 3 is 2.45 bits per heavy atom. The van der Waals surface area contributed by atoms with Crippen LogP contribution >= 0.6 is 11.8 Å². The van der Waals surface area contributed by atoms with Crippen molar-refractivity contribution in [3.63, 3.8) is 0 Å². The van der Waals surface area contributed by atoms with Crippen LogP contribution in [0.5, 0.6) is 0 Å². The van der Waals surface area contributed by atoms with Gasteiger partial charge in [0.25, 0.3) is 0 Å². The zero-order valence-corrected chi connectivity index (χ0v) is 14.0. The van der Waals surface area contributed by atoms with E-state index in [1.165, 1.54) is 36.3 Å². The van der Waals surface area contributed by atoms with Crippen LogP contribution in [0.3, 0.4) is 0 Å². The fourth-order valence-electron chi connectivity index (χ4n) is 2.06. The van der Waals surface area contributed by atoms with Crippen LogP contribution in [0.15, 0.2) is 64.6 Å². The zero-order valence-electron chi connectivity index (χ0n) is 13.2. The summed E-state index contributed by atoms with van der Waals surface area (Å²) in [5.41, 5.74) is 5.13. The molecule has 0 aliphatic heterocycles. The first-order chi connectivity index (χ1) is 10.9. The Bertz CT molecular complexity index is 549. The molecule has 116 valence electrons. The van der Waals surface area contributed by atoms with Gasteiger partial charge in [-0.15, -0.1) is 11.8 Å². The molecule has 22 heavy (non-hydrogen) atoms. The lowest BCUT2D eigenvalue weighted by atomic mass is 10.2. The summed E-state index contributed by atoms with van der Waals surface area (Å²) in [6.45, 7) is 2.25. The van der Waals surface area contributed by atoms with Crippen molar-refractivity contribution in [2.45, 2.75) is 37.5 Å². The van der Waals surface area contributed by atoms with Crippen molar-refractivity contribution in [1.82, 2.24) is 0 Å². The molecule has 0 spiro atoms. The molecule has 0 aliphatic carbocycles. The van der Waals surface area contributed by atoms with E-state index in [2.05, 4.69) is 41.7 Å². The van der Waals surface area contributed by atoms with E-state index in [9.17, 15) is 0 Å². The molecule has 0 heterocycles. The van der Waals surface area contributed by atoms with Gasteiger partial charge in [-0.05, 0) is 42.0 Å². The Morgan fingerprint density at radius 2 is 1.73 bits per heavy atom. The lowest BCUT2D eigenvalue weighted by Crippen LogP contribution is -1.90. The van der Waals surface area contributed by atoms with E-state index in [0.29, 0.717) is 0 Å². The summed E-state index contributed by atoms with van der Waals surface area (Å²) < 4.78 is 0. The second-order valence-electron chi connectivity index (χ2n) is 5.21. The molecule has 0 saturated heterocycles. The fraction of sp³-hybridized carbons (Fsp3) is 0.316. The number of rotatable bonds is 9. The van der Waals surface area contributed by atoms with Gasteiger partial charge in [-0.25, -0.2) is 0 Å². The highest BCUT2D eigenvalue weighted by atomic mass is 32.2. The molecule has 3 heteroatoms. The predicted octanol–water partition coefficient (Wildman–Crippen LogP) is 5.81. The van der Waals surface area contributed by atoms with Crippen molar-refractivity contribution < 1.29 is 0 Å². The number of nitrogens with zero attached hydrogens (tertiary/aromatic N) is 1. The molecule has 2 aromatic rings. The minimum Gasteiger partial charge on any atom is -0.279 e. The summed E-state index contributed by atoms with van der Waals surface area (Å²) in [5.74, 6) is 1.21. The van der Waals surface area contributed by atoms with Gasteiger partial charge in [-0.3, -0.25) is 5.43 Å². The van der Waals surface area contributed by atoms with E-state index in [-0.39, 0.29) is 0 Å². The number of hydrazone groups is 1. The number of anilines is 1. The summed E-state index contributed by atoms with van der Waals surface area (Å²) in [4.78, 5) is 1.34. The van der Waals surface area contributed by atoms with E-state index in [1.807, 2.05) is 48.3 Å². The maximum atomic E-state index is 4.26. The summed E-state index contributed by atoms with van der Waals surface area (Å²) >= 11 is 1.94. The van der Waals surface area contributed by atoms with Crippen molar-refractivity contribution in [2.24, 2.45) is 5.10 Å². The van der Waals surface area contributed by atoms with E-state index >= 15 is 0 Å². The number of unbranched alkanes of at least 4 members (excludes halogenated alkanes) is 3. The SMILES string of the molecule is CCCCCCSc1ccc(C=NNc2ccccc2)cc1. The third-order valence-electron chi connectivity index (χ3n) is 3.33. The molecular formula is C19H24N2S. The van der Waals surface area contributed by atoms with Crippen LogP contribution in [0.4, 0.5) is 5.69 Å². The first kappa shape index (κ1) is 16.6. The van der Waals surface area contributed by atoms with E-state index in [1.54, 1.807) is 0 Å². The van der Waals surface area contributed by atoms with E-state index in [0.717, 1.165) is 11.3 Å². The van der Waals surface area contributed by atoms with Crippen LogP contribution in [-0.4, -0.2) is 12.0 Å². The molecule has 0 atom stereocenters. The van der Waals surface area contributed by atoms with E-state index in [4.69, 9.17) is 0 Å². The third-order valence-corrected chi connectivity index (χ3v) is 4.43. The molecular weight excluding hydrogens is 288 g/mol. The second-order valence-corrected chi connectivity index (χ2v) is 6.38. The van der Waals surface area contributed by atoms with Crippen molar-refractivity contribution in [2.75, 3.05) is 11.2 Å². The Hall–Kier alpha value is -1.74. The lowest BCUT2D eigenvalue weighted by molar-refractivity contribution is 0.706. The maximum absolute atomic E-state index is 4.26. The van der Waals surface area contributed by atoms with Gasteiger partial charge in [0.2, 0.25) is 0 Å². The minimum atomic E-state index is 0.998. The van der Waals surface area contributed by atoms with Gasteiger partial charge in [0, 0.05) is 4.90 Å². The average Bonchev–Trinajstić information content (AvgIpc) is 2.57. The molecule has 0 aliphatic rings. The largest absolute Gasteiger partial charge is 0.279 e. The van der Waals surface area contributed by atoms with Gasteiger partial charge in [0.15, 0.2) is 0 Å². The molecule has 0 aromatic heterocycles. The van der Waals surface area contributed by atoms with Crippen LogP contribution in [0.2, 0.25) is 0 Å². The molecule has 0 radical (unpaired) electrons. The third kappa shape index (κ3) is 6.35. The van der Waals surface area contributed by atoms with Gasteiger partial charge in [-0.1, -0.05) is 56.5 Å². The number of thioether (sulfide) groups is 1. The van der Waals surface area contributed by atoms with Crippen molar-refractivity contribution in [3.8, 4) is 0 Å². The van der Waals surface area contributed by atoms with Crippen molar-refractivity contribution in [1.29, 1.82) is 0 Å². The summed E-state index contributed by atoms with van der Waals surface area (Å²) in [7, 11) is 0. The summed E-state index contributed by atoms with van der Waals surface area (Å²) in [6.07, 6.45) is 7.16. The molecule has 1 N–H and O–H groups in total. The average molecular weight is 312 g/mol. The predicted molar refractivity (Wildman–Crippen MR) is 99.0 cm³/mol. The van der Waals surface area contributed by atoms with Gasteiger partial charge >= 0.3 is 0 Å². The van der Waals surface area contributed by atoms with Crippen molar-refractivity contribution >= 4 is 23.7 Å². The number of hydrogen-bond donors (Lipinski definition) is 1. The lowest BCUT2D eigenvalue weighted by Gasteiger charge is -2.02. The molecule has 0 unspecified atom stereocenters. The van der Waals surface area contributed by atoms with Gasteiger partial charge < -0.3 is 0 Å². The smallest absolute Gasteiger partial charge is 0.0561 e. The quantitative estimate of drug-likeness (QED) is 0.274. The fourth-order valence-corrected chi connectivity index (χ4v) is 2.98. The zero-order chi connectivity index (χ0) is 15.5. The van der Waals surface area contributed by atoms with Crippen LogP contribution < -0.4 is 5.43 Å². The molecule has 0 amide bonds. The molecule has 0 saturated carbocycles. The molecule has 2 aromatic carbocycles. The monoisotopic (exact) mass is 312 g/mol. The van der Waals surface area contributed by atoms with Crippen LogP contribution in [0, 0.1) is 0 Å².